The summed E-state index contributed by atoms with van der Waals surface area (Å²) in [6.07, 6.45) is -1.75. The van der Waals surface area contributed by atoms with Crippen molar-refractivity contribution in [1.82, 2.24) is 9.55 Å². The zero-order valence-corrected chi connectivity index (χ0v) is 26.7. The first kappa shape index (κ1) is 28.9. The molecule has 0 aliphatic carbocycles. The van der Waals surface area contributed by atoms with Crippen LogP contribution in [0.15, 0.2) is 65.1 Å². The van der Waals surface area contributed by atoms with E-state index in [1.165, 1.54) is 0 Å². The van der Waals surface area contributed by atoms with Crippen LogP contribution in [-0.4, -0.2) is 67.0 Å². The van der Waals surface area contributed by atoms with Gasteiger partial charge in [0, 0.05) is 20.2 Å². The molecule has 2 aromatic heterocycles. The highest BCUT2D eigenvalue weighted by Gasteiger charge is 2.49. The van der Waals surface area contributed by atoms with Crippen LogP contribution in [0.2, 0.25) is 30.7 Å². The molecular formula is C31H34BrClN2O5Si. The third kappa shape index (κ3) is 5.99. The lowest BCUT2D eigenvalue weighted by Gasteiger charge is -2.20. The van der Waals surface area contributed by atoms with Crippen molar-refractivity contribution >= 4 is 46.6 Å². The molecule has 7 nitrogen and oxygen atoms in total. The Morgan fingerprint density at radius 2 is 1.68 bits per heavy atom. The fraction of sp³-hybridized carbons (Fsp3) is 0.387. The molecule has 0 spiro atoms. The van der Waals surface area contributed by atoms with E-state index in [0.717, 1.165) is 33.8 Å². The Labute approximate surface area is 254 Å². The first-order valence-corrected chi connectivity index (χ1v) is 18.8. The number of aliphatic hydroxyl groups excluding tert-OH is 1. The fourth-order valence-corrected chi connectivity index (χ4v) is 6.91. The summed E-state index contributed by atoms with van der Waals surface area (Å²) in [5.41, 5.74) is 5.42. The number of fused-ring (bicyclic) bond motifs is 2. The summed E-state index contributed by atoms with van der Waals surface area (Å²) in [7, 11) is -1.25. The van der Waals surface area contributed by atoms with E-state index in [4.69, 9.17) is 35.5 Å². The van der Waals surface area contributed by atoms with E-state index in [2.05, 4.69) is 59.8 Å². The fourth-order valence-electron chi connectivity index (χ4n) is 5.30. The summed E-state index contributed by atoms with van der Waals surface area (Å²) in [6.45, 7) is 8.50. The molecule has 0 saturated carbocycles. The van der Waals surface area contributed by atoms with Gasteiger partial charge in [-0.05, 0) is 39.2 Å². The van der Waals surface area contributed by atoms with Gasteiger partial charge in [-0.25, -0.2) is 4.98 Å². The maximum Gasteiger partial charge on any atom is 0.213 e. The van der Waals surface area contributed by atoms with Gasteiger partial charge >= 0.3 is 0 Å². The van der Waals surface area contributed by atoms with Crippen LogP contribution >= 0.6 is 27.5 Å². The van der Waals surface area contributed by atoms with Crippen LogP contribution in [0.5, 0.6) is 5.88 Å². The lowest BCUT2D eigenvalue weighted by atomic mass is 10.0. The third-order valence-electron chi connectivity index (χ3n) is 7.61. The molecular weight excluding hydrogens is 624 g/mol. The van der Waals surface area contributed by atoms with E-state index >= 15 is 0 Å². The molecule has 4 unspecified atom stereocenters. The summed E-state index contributed by atoms with van der Waals surface area (Å²) in [5, 5.41) is 10.7. The van der Waals surface area contributed by atoms with Gasteiger partial charge in [0.15, 0.2) is 6.10 Å². The molecule has 41 heavy (non-hydrogen) atoms. The SMILES string of the molecule is C[Si](C)(C)CCOCn1c(OC2COC3C(O)COC23)c(Br)c2nc(-c3ccc(-c4ccccc4)cc3)c(Cl)cc21. The predicted octanol–water partition coefficient (Wildman–Crippen LogP) is 7.00. The molecule has 0 bridgehead atoms. The predicted molar refractivity (Wildman–Crippen MR) is 167 cm³/mol. The number of hydrogen-bond acceptors (Lipinski definition) is 6. The van der Waals surface area contributed by atoms with Gasteiger partial charge in [-0.15, -0.1) is 0 Å². The maximum absolute atomic E-state index is 10.2. The van der Waals surface area contributed by atoms with E-state index in [-0.39, 0.29) is 31.6 Å². The largest absolute Gasteiger partial charge is 0.469 e. The molecule has 10 heteroatoms. The van der Waals surface area contributed by atoms with Crippen LogP contribution in [0.4, 0.5) is 0 Å². The first-order chi connectivity index (χ1) is 19.7. The second kappa shape index (κ2) is 11.8. The molecule has 4 heterocycles. The number of aromatic nitrogens is 2. The number of rotatable bonds is 9. The number of halogens is 2. The topological polar surface area (TPSA) is 75.0 Å². The zero-order chi connectivity index (χ0) is 28.7. The van der Waals surface area contributed by atoms with Gasteiger partial charge in [-0.1, -0.05) is 85.8 Å². The van der Waals surface area contributed by atoms with Crippen LogP contribution in [0.3, 0.4) is 0 Å². The number of nitrogens with zero attached hydrogens (tertiary/aromatic N) is 2. The minimum atomic E-state index is -1.25. The van der Waals surface area contributed by atoms with Crippen molar-refractivity contribution < 1.29 is 24.1 Å². The molecule has 2 aromatic carbocycles. The Morgan fingerprint density at radius 3 is 2.41 bits per heavy atom. The Hall–Kier alpha value is -2.24. The molecule has 216 valence electrons. The third-order valence-corrected chi connectivity index (χ3v) is 10.3. The average Bonchev–Trinajstić information content (AvgIpc) is 3.61. The second-order valence-corrected chi connectivity index (χ2v) is 18.7. The van der Waals surface area contributed by atoms with Crippen LogP contribution in [0.1, 0.15) is 0 Å². The van der Waals surface area contributed by atoms with Crippen molar-refractivity contribution in [1.29, 1.82) is 0 Å². The maximum atomic E-state index is 10.2. The lowest BCUT2D eigenvalue weighted by molar-refractivity contribution is 0.00456. The molecule has 0 radical (unpaired) electrons. The monoisotopic (exact) mass is 656 g/mol. The van der Waals surface area contributed by atoms with Crippen molar-refractivity contribution in [2.24, 2.45) is 0 Å². The molecule has 1 N–H and O–H groups in total. The molecule has 2 aliphatic heterocycles. The molecule has 6 rings (SSSR count). The summed E-state index contributed by atoms with van der Waals surface area (Å²) < 4.78 is 27.0. The highest BCUT2D eigenvalue weighted by Crippen LogP contribution is 2.41. The van der Waals surface area contributed by atoms with Gasteiger partial charge in [-0.3, -0.25) is 4.57 Å². The van der Waals surface area contributed by atoms with Gasteiger partial charge in [-0.2, -0.15) is 0 Å². The molecule has 4 atom stereocenters. The number of ether oxygens (including phenoxy) is 4. The quantitative estimate of drug-likeness (QED) is 0.154. The normalized spacial score (nSPS) is 22.4. The molecule has 2 aliphatic rings. The Morgan fingerprint density at radius 1 is 1.00 bits per heavy atom. The number of benzene rings is 2. The van der Waals surface area contributed by atoms with Crippen LogP contribution in [0.25, 0.3) is 33.4 Å². The van der Waals surface area contributed by atoms with E-state index < -0.39 is 14.2 Å². The van der Waals surface area contributed by atoms with Crippen LogP contribution in [0, 0.1) is 0 Å². The van der Waals surface area contributed by atoms with Gasteiger partial charge < -0.3 is 24.1 Å². The number of aliphatic hydroxyl groups is 1. The van der Waals surface area contributed by atoms with Gasteiger partial charge in [0.2, 0.25) is 5.88 Å². The van der Waals surface area contributed by atoms with E-state index in [9.17, 15) is 5.11 Å². The first-order valence-electron chi connectivity index (χ1n) is 13.9. The van der Waals surface area contributed by atoms with Crippen molar-refractivity contribution in [3.63, 3.8) is 0 Å². The van der Waals surface area contributed by atoms with Gasteiger partial charge in [0.05, 0.1) is 29.4 Å². The standard InChI is InChI=1S/C31H34BrClN2O5Si/c1-41(2,3)14-13-37-18-35-23-15-22(33)27(21-11-9-20(10-12-21)19-7-5-4-6-8-19)34-28(23)26(32)31(35)40-25-17-39-29-24(36)16-38-30(25)29/h4-12,15,24-25,29-30,36H,13-14,16-18H2,1-3H3. The zero-order valence-electron chi connectivity index (χ0n) is 23.3. The van der Waals surface area contributed by atoms with E-state index in [1.54, 1.807) is 0 Å². The van der Waals surface area contributed by atoms with Crippen molar-refractivity contribution in [3.8, 4) is 28.3 Å². The minimum absolute atomic E-state index is 0.239. The van der Waals surface area contributed by atoms with E-state index in [0.29, 0.717) is 34.3 Å². The van der Waals surface area contributed by atoms with Crippen molar-refractivity contribution in [2.75, 3.05) is 19.8 Å². The summed E-state index contributed by atoms with van der Waals surface area (Å²) in [4.78, 5) is 5.02. The molecule has 4 aromatic rings. The second-order valence-electron chi connectivity index (χ2n) is 11.8. The number of pyridine rings is 1. The van der Waals surface area contributed by atoms with Crippen molar-refractivity contribution in [3.05, 3.63) is 70.2 Å². The van der Waals surface area contributed by atoms with Crippen LogP contribution < -0.4 is 4.74 Å². The average molecular weight is 658 g/mol. The summed E-state index contributed by atoms with van der Waals surface area (Å²) in [6, 6.07) is 21.5. The molecule has 0 amide bonds. The smallest absolute Gasteiger partial charge is 0.213 e. The molecule has 2 fully saturated rings. The number of hydrogen-bond donors (Lipinski definition) is 1. The Bertz CT molecular complexity index is 1530. The summed E-state index contributed by atoms with van der Waals surface area (Å²) >= 11 is 10.7. The Balaban J connectivity index is 1.34. The summed E-state index contributed by atoms with van der Waals surface area (Å²) in [5.74, 6) is 0.576. The van der Waals surface area contributed by atoms with Gasteiger partial charge in [0.25, 0.3) is 0 Å². The van der Waals surface area contributed by atoms with E-state index in [1.807, 2.05) is 41.0 Å². The van der Waals surface area contributed by atoms with Crippen LogP contribution in [-0.2, 0) is 20.9 Å². The minimum Gasteiger partial charge on any atom is -0.469 e. The van der Waals surface area contributed by atoms with Crippen molar-refractivity contribution in [2.45, 2.75) is 56.8 Å². The highest BCUT2D eigenvalue weighted by atomic mass is 79.9. The lowest BCUT2D eigenvalue weighted by Crippen LogP contribution is -2.35. The Kier molecular flexibility index (Phi) is 8.30. The molecule has 2 saturated heterocycles. The van der Waals surface area contributed by atoms with Gasteiger partial charge in [0.1, 0.15) is 35.0 Å². The highest BCUT2D eigenvalue weighted by molar-refractivity contribution is 9.10.